The van der Waals surface area contributed by atoms with Gasteiger partial charge in [0, 0.05) is 13.6 Å². The standard InChI is InChI=1S/C14H17N5O/c1-14(2,12(20)17-3)8-19-11-6-9(7-15)4-5-10(11)18-13(19)16/h4-6H,8H2,1-3H3,(H2,16,18)(H,17,20). The molecule has 1 amide bonds. The molecule has 0 radical (unpaired) electrons. The number of nitrogens with two attached hydrogens (primary N) is 1. The van der Waals surface area contributed by atoms with Crippen LogP contribution in [-0.4, -0.2) is 22.5 Å². The number of nitrogens with zero attached hydrogens (tertiary/aromatic N) is 3. The number of nitrogen functional groups attached to an aromatic ring is 1. The van der Waals surface area contributed by atoms with Crippen molar-refractivity contribution in [2.75, 3.05) is 12.8 Å². The van der Waals surface area contributed by atoms with Crippen molar-refractivity contribution in [3.8, 4) is 6.07 Å². The minimum Gasteiger partial charge on any atom is -0.369 e. The first-order valence-electron chi connectivity index (χ1n) is 6.27. The molecule has 0 saturated carbocycles. The van der Waals surface area contributed by atoms with Crippen LogP contribution in [0.15, 0.2) is 18.2 Å². The van der Waals surface area contributed by atoms with E-state index in [2.05, 4.69) is 16.4 Å². The van der Waals surface area contributed by atoms with Crippen LogP contribution >= 0.6 is 0 Å². The number of carbonyl (C=O) groups is 1. The second-order valence-corrected chi connectivity index (χ2v) is 5.33. The van der Waals surface area contributed by atoms with Crippen molar-refractivity contribution in [2.45, 2.75) is 20.4 Å². The first-order valence-corrected chi connectivity index (χ1v) is 6.27. The monoisotopic (exact) mass is 271 g/mol. The molecule has 1 aromatic heterocycles. The van der Waals surface area contributed by atoms with Crippen molar-refractivity contribution in [2.24, 2.45) is 5.41 Å². The Bertz CT molecular complexity index is 708. The van der Waals surface area contributed by atoms with Gasteiger partial charge in [0.25, 0.3) is 0 Å². The number of anilines is 1. The van der Waals surface area contributed by atoms with Crippen molar-refractivity contribution in [3.63, 3.8) is 0 Å². The molecule has 0 unspecified atom stereocenters. The van der Waals surface area contributed by atoms with Gasteiger partial charge in [-0.25, -0.2) is 4.98 Å². The molecular formula is C14H17N5O. The molecule has 3 N–H and O–H groups in total. The van der Waals surface area contributed by atoms with Gasteiger partial charge in [-0.3, -0.25) is 4.79 Å². The first kappa shape index (κ1) is 13.9. The van der Waals surface area contributed by atoms with Crippen LogP contribution in [0.1, 0.15) is 19.4 Å². The average Bonchev–Trinajstić information content (AvgIpc) is 2.73. The molecule has 1 heterocycles. The number of hydrogen-bond donors (Lipinski definition) is 2. The number of hydrogen-bond acceptors (Lipinski definition) is 4. The molecule has 0 aliphatic rings. The fourth-order valence-electron chi connectivity index (χ4n) is 2.18. The van der Waals surface area contributed by atoms with Gasteiger partial charge in [-0.15, -0.1) is 0 Å². The summed E-state index contributed by atoms with van der Waals surface area (Å²) in [7, 11) is 1.60. The zero-order valence-corrected chi connectivity index (χ0v) is 11.8. The topological polar surface area (TPSA) is 96.7 Å². The van der Waals surface area contributed by atoms with Crippen LogP contribution in [-0.2, 0) is 11.3 Å². The van der Waals surface area contributed by atoms with Crippen LogP contribution in [0.25, 0.3) is 11.0 Å². The fraction of sp³-hybridized carbons (Fsp3) is 0.357. The highest BCUT2D eigenvalue weighted by Gasteiger charge is 2.28. The van der Waals surface area contributed by atoms with Crippen LogP contribution in [0.2, 0.25) is 0 Å². The molecule has 104 valence electrons. The van der Waals surface area contributed by atoms with Gasteiger partial charge in [0.15, 0.2) is 0 Å². The van der Waals surface area contributed by atoms with Gasteiger partial charge in [0.1, 0.15) is 0 Å². The average molecular weight is 271 g/mol. The summed E-state index contributed by atoms with van der Waals surface area (Å²) in [6.07, 6.45) is 0. The van der Waals surface area contributed by atoms with E-state index in [0.717, 1.165) is 5.52 Å². The van der Waals surface area contributed by atoms with Crippen LogP contribution in [0, 0.1) is 16.7 Å². The lowest BCUT2D eigenvalue weighted by atomic mass is 9.92. The number of carbonyl (C=O) groups excluding carboxylic acids is 1. The molecular weight excluding hydrogens is 254 g/mol. The molecule has 0 saturated heterocycles. The maximum absolute atomic E-state index is 11.9. The summed E-state index contributed by atoms with van der Waals surface area (Å²) >= 11 is 0. The third-order valence-electron chi connectivity index (χ3n) is 3.30. The summed E-state index contributed by atoms with van der Waals surface area (Å²) in [6.45, 7) is 4.07. The molecule has 0 aliphatic carbocycles. The molecule has 0 atom stereocenters. The van der Waals surface area contributed by atoms with E-state index in [-0.39, 0.29) is 5.91 Å². The zero-order valence-electron chi connectivity index (χ0n) is 11.8. The highest BCUT2D eigenvalue weighted by atomic mass is 16.2. The second-order valence-electron chi connectivity index (χ2n) is 5.33. The normalized spacial score (nSPS) is 11.3. The van der Waals surface area contributed by atoms with Gasteiger partial charge in [0.05, 0.1) is 28.1 Å². The Labute approximate surface area is 117 Å². The summed E-state index contributed by atoms with van der Waals surface area (Å²) in [4.78, 5) is 16.1. The molecule has 6 nitrogen and oxygen atoms in total. The second kappa shape index (κ2) is 4.85. The SMILES string of the molecule is CNC(=O)C(C)(C)Cn1c(N)nc2ccc(C#N)cc21. The van der Waals surface area contributed by atoms with E-state index in [0.29, 0.717) is 23.6 Å². The summed E-state index contributed by atoms with van der Waals surface area (Å²) in [6, 6.07) is 7.28. The lowest BCUT2D eigenvalue weighted by Crippen LogP contribution is -2.37. The number of nitrogens with one attached hydrogen (secondary N) is 1. The van der Waals surface area contributed by atoms with Gasteiger partial charge < -0.3 is 15.6 Å². The maximum atomic E-state index is 11.9. The van der Waals surface area contributed by atoms with Crippen molar-refractivity contribution >= 4 is 22.9 Å². The number of amides is 1. The van der Waals surface area contributed by atoms with E-state index in [1.54, 1.807) is 29.8 Å². The number of benzene rings is 1. The number of rotatable bonds is 3. The Kier molecular flexibility index (Phi) is 3.36. The van der Waals surface area contributed by atoms with Gasteiger partial charge in [-0.05, 0) is 32.0 Å². The molecule has 2 rings (SSSR count). The number of nitriles is 1. The van der Waals surface area contributed by atoms with E-state index in [1.165, 1.54) is 0 Å². The smallest absolute Gasteiger partial charge is 0.227 e. The largest absolute Gasteiger partial charge is 0.369 e. The molecule has 0 spiro atoms. The number of imidazole rings is 1. The van der Waals surface area contributed by atoms with Crippen LogP contribution in [0.4, 0.5) is 5.95 Å². The Morgan fingerprint density at radius 3 is 2.85 bits per heavy atom. The fourth-order valence-corrected chi connectivity index (χ4v) is 2.18. The predicted molar refractivity (Wildman–Crippen MR) is 76.7 cm³/mol. The van der Waals surface area contributed by atoms with Gasteiger partial charge >= 0.3 is 0 Å². The minimum absolute atomic E-state index is 0.0739. The number of aromatic nitrogens is 2. The molecule has 0 aliphatic heterocycles. The third-order valence-corrected chi connectivity index (χ3v) is 3.30. The minimum atomic E-state index is -0.626. The molecule has 6 heteroatoms. The van der Waals surface area contributed by atoms with E-state index in [4.69, 9.17) is 11.0 Å². The highest BCUT2D eigenvalue weighted by molar-refractivity contribution is 5.83. The summed E-state index contributed by atoms with van der Waals surface area (Å²) < 4.78 is 1.77. The van der Waals surface area contributed by atoms with E-state index in [1.807, 2.05) is 13.8 Å². The molecule has 2 aromatic rings. The van der Waals surface area contributed by atoms with Crippen LogP contribution < -0.4 is 11.1 Å². The quantitative estimate of drug-likeness (QED) is 0.878. The van der Waals surface area contributed by atoms with E-state index in [9.17, 15) is 4.79 Å². The first-order chi connectivity index (χ1) is 9.39. The molecule has 0 bridgehead atoms. The van der Waals surface area contributed by atoms with Gasteiger partial charge in [0.2, 0.25) is 11.9 Å². The molecule has 20 heavy (non-hydrogen) atoms. The third kappa shape index (κ3) is 2.30. The Morgan fingerprint density at radius 1 is 1.55 bits per heavy atom. The van der Waals surface area contributed by atoms with E-state index < -0.39 is 5.41 Å². The zero-order chi connectivity index (χ0) is 14.9. The molecule has 1 aromatic carbocycles. The van der Waals surface area contributed by atoms with Crippen molar-refractivity contribution < 1.29 is 4.79 Å². The summed E-state index contributed by atoms with van der Waals surface area (Å²) in [5.74, 6) is 0.266. The Hall–Kier alpha value is -2.55. The lowest BCUT2D eigenvalue weighted by molar-refractivity contribution is -0.129. The lowest BCUT2D eigenvalue weighted by Gasteiger charge is -2.23. The summed E-state index contributed by atoms with van der Waals surface area (Å²) in [5, 5.41) is 11.6. The Morgan fingerprint density at radius 2 is 2.25 bits per heavy atom. The maximum Gasteiger partial charge on any atom is 0.227 e. The van der Waals surface area contributed by atoms with Crippen LogP contribution in [0.5, 0.6) is 0 Å². The van der Waals surface area contributed by atoms with Crippen molar-refractivity contribution in [1.82, 2.24) is 14.9 Å². The predicted octanol–water partition coefficient (Wildman–Crippen LogP) is 1.26. The summed E-state index contributed by atoms with van der Waals surface area (Å²) in [5.41, 5.74) is 7.32. The molecule has 0 fully saturated rings. The Balaban J connectivity index is 2.51. The van der Waals surface area contributed by atoms with Crippen molar-refractivity contribution in [3.05, 3.63) is 23.8 Å². The van der Waals surface area contributed by atoms with Gasteiger partial charge in [-0.1, -0.05) is 0 Å². The highest BCUT2D eigenvalue weighted by Crippen LogP contribution is 2.25. The number of fused-ring (bicyclic) bond motifs is 1. The van der Waals surface area contributed by atoms with Gasteiger partial charge in [-0.2, -0.15) is 5.26 Å². The van der Waals surface area contributed by atoms with Crippen molar-refractivity contribution in [1.29, 1.82) is 5.26 Å². The van der Waals surface area contributed by atoms with E-state index >= 15 is 0 Å². The van der Waals surface area contributed by atoms with Crippen LogP contribution in [0.3, 0.4) is 0 Å².